The molecule has 2 unspecified atom stereocenters. The van der Waals surface area contributed by atoms with Gasteiger partial charge in [0.15, 0.2) is 6.79 Å². The Morgan fingerprint density at radius 2 is 1.56 bits per heavy atom. The van der Waals surface area contributed by atoms with Crippen LogP contribution in [0.5, 0.6) is 5.75 Å². The zero-order chi connectivity index (χ0) is 46.5. The molecular formula is C46H63N7O10S. The molecule has 0 radical (unpaired) electrons. The number of unbranched alkanes of at least 4 members (excludes halogenated alkanes) is 9. The molecule has 1 aromatic heterocycles. The summed E-state index contributed by atoms with van der Waals surface area (Å²) in [6.07, 6.45) is 14.4. The summed E-state index contributed by atoms with van der Waals surface area (Å²) in [6, 6.07) is 16.9. The highest BCUT2D eigenvalue weighted by atomic mass is 32.1. The molecule has 0 fully saturated rings. The van der Waals surface area contributed by atoms with Crippen LogP contribution in [-0.2, 0) is 23.8 Å². The van der Waals surface area contributed by atoms with Gasteiger partial charge in [-0.2, -0.15) is 0 Å². The third-order valence-electron chi connectivity index (χ3n) is 10.6. The van der Waals surface area contributed by atoms with Crippen LogP contribution in [-0.4, -0.2) is 60.7 Å². The van der Waals surface area contributed by atoms with Crippen LogP contribution in [0.25, 0.3) is 10.8 Å². The number of amides is 2. The van der Waals surface area contributed by atoms with E-state index in [1.807, 2.05) is 44.2 Å². The van der Waals surface area contributed by atoms with Crippen molar-refractivity contribution in [2.75, 3.05) is 42.6 Å². The first-order valence-electron chi connectivity index (χ1n) is 22.1. The number of carbonyl (C=O) groups is 2. The molecule has 0 aliphatic carbocycles. The topological polar surface area (TPSA) is 209 Å². The Balaban J connectivity index is 1.55. The minimum atomic E-state index is -1.55. The Labute approximate surface area is 379 Å². The van der Waals surface area contributed by atoms with Gasteiger partial charge in [-0.05, 0) is 67.7 Å². The molecule has 1 heterocycles. The summed E-state index contributed by atoms with van der Waals surface area (Å²) in [6.45, 7) is 9.54. The van der Waals surface area contributed by atoms with Crippen LogP contribution < -0.4 is 20.3 Å². The van der Waals surface area contributed by atoms with E-state index < -0.39 is 32.4 Å². The molecule has 3 aromatic carbocycles. The summed E-state index contributed by atoms with van der Waals surface area (Å²) in [5.74, 6) is -1.71. The van der Waals surface area contributed by atoms with E-state index in [4.69, 9.17) is 18.9 Å². The van der Waals surface area contributed by atoms with Gasteiger partial charge >= 0.3 is 10.7 Å². The fourth-order valence-electron chi connectivity index (χ4n) is 7.31. The Morgan fingerprint density at radius 3 is 2.20 bits per heavy atom. The van der Waals surface area contributed by atoms with Crippen molar-refractivity contribution in [3.63, 3.8) is 0 Å². The number of rotatable bonds is 30. The van der Waals surface area contributed by atoms with Crippen LogP contribution in [0, 0.1) is 20.2 Å². The van der Waals surface area contributed by atoms with E-state index >= 15 is 0 Å². The summed E-state index contributed by atoms with van der Waals surface area (Å²) in [7, 11) is 1.70. The van der Waals surface area contributed by atoms with E-state index in [0.717, 1.165) is 36.1 Å². The molecule has 0 saturated carbocycles. The van der Waals surface area contributed by atoms with Crippen LogP contribution in [0.3, 0.4) is 0 Å². The molecule has 0 aliphatic rings. The number of carbonyl (C=O) groups excluding carboxylic acids is 2. The van der Waals surface area contributed by atoms with E-state index in [1.165, 1.54) is 58.3 Å². The van der Waals surface area contributed by atoms with Crippen molar-refractivity contribution in [2.45, 2.75) is 130 Å². The molecule has 18 heteroatoms. The van der Waals surface area contributed by atoms with Crippen LogP contribution in [0.4, 0.5) is 38.4 Å². The zero-order valence-corrected chi connectivity index (χ0v) is 38.7. The molecule has 348 valence electrons. The number of benzene rings is 3. The summed E-state index contributed by atoms with van der Waals surface area (Å²) in [5, 5.41) is 37.7. The molecule has 0 spiro atoms. The van der Waals surface area contributed by atoms with E-state index in [9.17, 15) is 29.8 Å². The fraction of sp³-hybridized carbons (Fsp3) is 0.522. The number of nitro groups is 2. The lowest BCUT2D eigenvalue weighted by atomic mass is 10.0. The van der Waals surface area contributed by atoms with Gasteiger partial charge in [-0.1, -0.05) is 95.4 Å². The van der Waals surface area contributed by atoms with Gasteiger partial charge in [0.05, 0.1) is 21.6 Å². The van der Waals surface area contributed by atoms with Crippen molar-refractivity contribution in [1.29, 1.82) is 0 Å². The average Bonchev–Trinajstić information content (AvgIpc) is 3.70. The van der Waals surface area contributed by atoms with E-state index in [1.54, 1.807) is 43.2 Å². The molecular weight excluding hydrogens is 843 g/mol. The van der Waals surface area contributed by atoms with Crippen molar-refractivity contribution in [2.24, 2.45) is 10.2 Å². The summed E-state index contributed by atoms with van der Waals surface area (Å²) in [4.78, 5) is 49.0. The highest BCUT2D eigenvalue weighted by Crippen LogP contribution is 2.43. The predicted molar refractivity (Wildman–Crippen MR) is 251 cm³/mol. The number of hydrogen-bond donors (Lipinski definition) is 2. The lowest BCUT2D eigenvalue weighted by Gasteiger charge is -2.41. The lowest BCUT2D eigenvalue weighted by molar-refractivity contribution is -0.389. The van der Waals surface area contributed by atoms with Crippen molar-refractivity contribution in [3.05, 3.63) is 80.9 Å². The molecule has 2 atom stereocenters. The highest BCUT2D eigenvalue weighted by molar-refractivity contribution is 7.19. The number of ether oxygens (including phenoxy) is 4. The monoisotopic (exact) mass is 905 g/mol. The van der Waals surface area contributed by atoms with Gasteiger partial charge in [0.2, 0.25) is 16.8 Å². The minimum absolute atomic E-state index is 0.00627. The second-order valence-electron chi connectivity index (χ2n) is 15.5. The van der Waals surface area contributed by atoms with Gasteiger partial charge in [0, 0.05) is 63.4 Å². The summed E-state index contributed by atoms with van der Waals surface area (Å²) >= 11 is 0.506. The number of thiophene rings is 1. The quantitative estimate of drug-likeness (QED) is 0.0165. The molecule has 0 bridgehead atoms. The van der Waals surface area contributed by atoms with E-state index in [2.05, 4.69) is 27.8 Å². The third kappa shape index (κ3) is 15.6. The first-order valence-corrected chi connectivity index (χ1v) is 22.9. The van der Waals surface area contributed by atoms with Crippen molar-refractivity contribution in [3.8, 4) is 5.75 Å². The largest absolute Gasteiger partial charge is 0.444 e. The number of fused-ring (bicyclic) bond motifs is 1. The molecule has 4 aromatic rings. The van der Waals surface area contributed by atoms with E-state index in [-0.39, 0.29) is 41.6 Å². The number of hydrogen-bond acceptors (Lipinski definition) is 14. The van der Waals surface area contributed by atoms with Crippen molar-refractivity contribution in [1.82, 2.24) is 0 Å². The van der Waals surface area contributed by atoms with Crippen LogP contribution in [0.15, 0.2) is 70.9 Å². The average molecular weight is 906 g/mol. The van der Waals surface area contributed by atoms with Crippen LogP contribution in [0.1, 0.15) is 118 Å². The molecule has 0 saturated heterocycles. The second-order valence-corrected chi connectivity index (χ2v) is 16.5. The fourth-order valence-corrected chi connectivity index (χ4v) is 8.08. The SMILES string of the molecule is CCCCCCCCCCCCC(CCC(=O)Nc1cc(OC(C)(OCOCC)N(CC)c2ccc(N=Nc3sc([N+](=O)[O-])cc3[N+](=O)[O-])c(NC(C)=O)c2)c2ccccc2c1)OC. The Bertz CT molecular complexity index is 2180. The minimum Gasteiger partial charge on any atom is -0.444 e. The van der Waals surface area contributed by atoms with Crippen LogP contribution >= 0.6 is 11.3 Å². The molecule has 2 N–H and O–H groups in total. The summed E-state index contributed by atoms with van der Waals surface area (Å²) in [5.41, 5.74) is 0.809. The standard InChI is InChI=1S/C46H63N7O10S/c1-7-10-11-12-13-14-15-16-17-18-22-37(60-6)25-27-43(55)48-35-28-34-21-19-20-23-38(34)42(29-35)63-46(5,62-32-61-9-3)51(8-2)36-24-26-39(40(30-36)47-33(4)54)49-50-45-41(52(56)57)31-44(64-45)53(58)59/h19-21,23-24,26,28-31,37H,7-18,22,25,27,32H2,1-6H3,(H,47,54)(H,48,55). The maximum absolute atomic E-state index is 13.4. The van der Waals surface area contributed by atoms with Gasteiger partial charge in [0.25, 0.3) is 5.91 Å². The number of anilines is 3. The zero-order valence-electron chi connectivity index (χ0n) is 37.9. The first-order chi connectivity index (χ1) is 30.8. The Hall–Kier alpha value is -5.56. The molecule has 0 aliphatic heterocycles. The highest BCUT2D eigenvalue weighted by Gasteiger charge is 2.37. The smallest absolute Gasteiger partial charge is 0.333 e. The number of nitrogens with one attached hydrogen (secondary N) is 2. The number of nitrogens with zero attached hydrogens (tertiary/aromatic N) is 5. The normalized spacial score (nSPS) is 12.8. The van der Waals surface area contributed by atoms with Gasteiger partial charge in [-0.3, -0.25) is 34.6 Å². The number of azo groups is 1. The summed E-state index contributed by atoms with van der Waals surface area (Å²) < 4.78 is 24.6. The van der Waals surface area contributed by atoms with Gasteiger partial charge in [0.1, 0.15) is 17.5 Å². The van der Waals surface area contributed by atoms with Crippen LogP contribution in [0.2, 0.25) is 0 Å². The molecule has 4 rings (SSSR count). The predicted octanol–water partition coefficient (Wildman–Crippen LogP) is 12.7. The lowest BCUT2D eigenvalue weighted by Crippen LogP contribution is -2.54. The Kier molecular flexibility index (Phi) is 21.0. The van der Waals surface area contributed by atoms with Gasteiger partial charge < -0.3 is 29.7 Å². The number of methoxy groups -OCH3 is 1. The maximum atomic E-state index is 13.4. The molecule has 2 amide bonds. The molecule has 64 heavy (non-hydrogen) atoms. The first kappa shape index (κ1) is 51.1. The van der Waals surface area contributed by atoms with Crippen molar-refractivity contribution < 1.29 is 38.4 Å². The van der Waals surface area contributed by atoms with Crippen molar-refractivity contribution >= 4 is 72.4 Å². The van der Waals surface area contributed by atoms with E-state index in [0.29, 0.717) is 48.0 Å². The third-order valence-corrected chi connectivity index (χ3v) is 11.6. The maximum Gasteiger partial charge on any atom is 0.333 e. The molecule has 17 nitrogen and oxygen atoms in total. The Morgan fingerprint density at radius 1 is 0.859 bits per heavy atom. The van der Waals surface area contributed by atoms with Gasteiger partial charge in [-0.15, -0.1) is 10.2 Å². The second kappa shape index (κ2) is 26.3. The van der Waals surface area contributed by atoms with Gasteiger partial charge in [-0.25, -0.2) is 0 Å².